The number of likely N-dealkylation sites (N-methyl/N-ethyl adjacent to an activating group) is 1. The summed E-state index contributed by atoms with van der Waals surface area (Å²) in [5.74, 6) is 1.64. The van der Waals surface area contributed by atoms with E-state index in [1.54, 1.807) is 25.5 Å². The Hall–Kier alpha value is -1.47. The van der Waals surface area contributed by atoms with Crippen molar-refractivity contribution in [3.8, 4) is 5.75 Å². The Labute approximate surface area is 110 Å². The lowest BCUT2D eigenvalue weighted by Crippen LogP contribution is -2.22. The van der Waals surface area contributed by atoms with Crippen LogP contribution < -0.4 is 10.1 Å². The summed E-state index contributed by atoms with van der Waals surface area (Å²) in [5.41, 5.74) is 0. The molecule has 0 amide bonds. The standard InChI is InChI=1S/C11H17N5OS/c1-4-12-9(6-11-13-15-16(2)14-11)10-5-8(17-3)7-18-10/h5,7,9,12H,4,6H2,1-3H3. The zero-order valence-electron chi connectivity index (χ0n) is 10.8. The topological polar surface area (TPSA) is 64.9 Å². The van der Waals surface area contributed by atoms with Gasteiger partial charge in [-0.05, 0) is 17.8 Å². The molecule has 0 spiro atoms. The van der Waals surface area contributed by atoms with Crippen molar-refractivity contribution >= 4 is 11.3 Å². The van der Waals surface area contributed by atoms with E-state index in [9.17, 15) is 0 Å². The molecule has 1 N–H and O–H groups in total. The molecule has 6 nitrogen and oxygen atoms in total. The highest BCUT2D eigenvalue weighted by molar-refractivity contribution is 7.10. The number of nitrogens with one attached hydrogen (secondary N) is 1. The van der Waals surface area contributed by atoms with Crippen LogP contribution in [0.1, 0.15) is 23.7 Å². The van der Waals surface area contributed by atoms with Gasteiger partial charge in [-0.3, -0.25) is 0 Å². The van der Waals surface area contributed by atoms with Crippen LogP contribution in [0.4, 0.5) is 0 Å². The van der Waals surface area contributed by atoms with Gasteiger partial charge < -0.3 is 10.1 Å². The molecule has 2 aromatic heterocycles. The maximum Gasteiger partial charge on any atom is 0.176 e. The van der Waals surface area contributed by atoms with Crippen molar-refractivity contribution in [3.63, 3.8) is 0 Å². The molecule has 98 valence electrons. The van der Waals surface area contributed by atoms with Gasteiger partial charge in [0.1, 0.15) is 5.75 Å². The van der Waals surface area contributed by atoms with E-state index in [0.717, 1.165) is 24.5 Å². The molecule has 0 aromatic carbocycles. The van der Waals surface area contributed by atoms with Crippen LogP contribution in [0.25, 0.3) is 0 Å². The molecular weight excluding hydrogens is 250 g/mol. The first-order valence-corrected chi connectivity index (χ1v) is 6.69. The predicted molar refractivity (Wildman–Crippen MR) is 69.8 cm³/mol. The number of methoxy groups -OCH3 is 1. The van der Waals surface area contributed by atoms with Gasteiger partial charge in [0.2, 0.25) is 0 Å². The fourth-order valence-electron chi connectivity index (χ4n) is 1.73. The van der Waals surface area contributed by atoms with E-state index in [1.165, 1.54) is 9.67 Å². The molecule has 0 radical (unpaired) electrons. The Morgan fingerprint density at radius 1 is 1.56 bits per heavy atom. The predicted octanol–water partition coefficient (Wildman–Crippen LogP) is 1.17. The highest BCUT2D eigenvalue weighted by atomic mass is 32.1. The molecule has 0 fully saturated rings. The van der Waals surface area contributed by atoms with Gasteiger partial charge in [0.05, 0.1) is 14.2 Å². The molecule has 1 unspecified atom stereocenters. The largest absolute Gasteiger partial charge is 0.496 e. The third-order valence-corrected chi connectivity index (χ3v) is 3.59. The number of aromatic nitrogens is 4. The maximum atomic E-state index is 5.21. The number of hydrogen-bond donors (Lipinski definition) is 1. The van der Waals surface area contributed by atoms with Crippen molar-refractivity contribution in [1.29, 1.82) is 0 Å². The summed E-state index contributed by atoms with van der Waals surface area (Å²) < 4.78 is 5.21. The van der Waals surface area contributed by atoms with Crippen LogP contribution in [-0.4, -0.2) is 33.9 Å². The van der Waals surface area contributed by atoms with Crippen molar-refractivity contribution in [2.45, 2.75) is 19.4 Å². The Morgan fingerprint density at radius 2 is 2.39 bits per heavy atom. The molecule has 0 aliphatic carbocycles. The van der Waals surface area contributed by atoms with Gasteiger partial charge in [0, 0.05) is 22.7 Å². The second-order valence-corrected chi connectivity index (χ2v) is 4.84. The second kappa shape index (κ2) is 5.92. The number of thiophene rings is 1. The number of nitrogens with zero attached hydrogens (tertiary/aromatic N) is 4. The highest BCUT2D eigenvalue weighted by Crippen LogP contribution is 2.28. The van der Waals surface area contributed by atoms with Crippen LogP contribution in [0, 0.1) is 0 Å². The fourth-order valence-corrected chi connectivity index (χ4v) is 2.66. The summed E-state index contributed by atoms with van der Waals surface area (Å²) >= 11 is 1.68. The smallest absolute Gasteiger partial charge is 0.176 e. The van der Waals surface area contributed by atoms with Crippen molar-refractivity contribution in [2.75, 3.05) is 13.7 Å². The molecule has 2 aromatic rings. The molecule has 7 heteroatoms. The van der Waals surface area contributed by atoms with E-state index < -0.39 is 0 Å². The lowest BCUT2D eigenvalue weighted by Gasteiger charge is -2.13. The Bertz CT molecular complexity index is 495. The number of tetrazole rings is 1. The average molecular weight is 267 g/mol. The van der Waals surface area contributed by atoms with Crippen LogP contribution in [0.2, 0.25) is 0 Å². The quantitative estimate of drug-likeness (QED) is 0.851. The molecule has 2 rings (SSSR count). The molecular formula is C11H17N5OS. The van der Waals surface area contributed by atoms with Crippen molar-refractivity contribution in [1.82, 2.24) is 25.5 Å². The van der Waals surface area contributed by atoms with Crippen molar-refractivity contribution in [2.24, 2.45) is 7.05 Å². The van der Waals surface area contributed by atoms with Gasteiger partial charge >= 0.3 is 0 Å². The number of rotatable bonds is 6. The zero-order chi connectivity index (χ0) is 13.0. The maximum absolute atomic E-state index is 5.21. The second-order valence-electron chi connectivity index (χ2n) is 3.90. The monoisotopic (exact) mass is 267 g/mol. The van der Waals surface area contributed by atoms with E-state index in [-0.39, 0.29) is 6.04 Å². The summed E-state index contributed by atoms with van der Waals surface area (Å²) in [4.78, 5) is 2.70. The van der Waals surface area contributed by atoms with E-state index in [0.29, 0.717) is 0 Å². The van der Waals surface area contributed by atoms with Crippen molar-refractivity contribution in [3.05, 3.63) is 22.1 Å². The molecule has 0 aliphatic heterocycles. The molecule has 0 aliphatic rings. The van der Waals surface area contributed by atoms with Gasteiger partial charge in [-0.2, -0.15) is 4.80 Å². The van der Waals surface area contributed by atoms with Gasteiger partial charge in [0.25, 0.3) is 0 Å². The lowest BCUT2D eigenvalue weighted by atomic mass is 10.1. The molecule has 2 heterocycles. The zero-order valence-corrected chi connectivity index (χ0v) is 11.6. The normalized spacial score (nSPS) is 12.6. The lowest BCUT2D eigenvalue weighted by molar-refractivity contribution is 0.415. The summed E-state index contributed by atoms with van der Waals surface area (Å²) in [6, 6.07) is 2.25. The summed E-state index contributed by atoms with van der Waals surface area (Å²) in [6.45, 7) is 2.98. The third-order valence-electron chi connectivity index (χ3n) is 2.56. The Balaban J connectivity index is 2.12. The van der Waals surface area contributed by atoms with E-state index in [2.05, 4.69) is 27.7 Å². The van der Waals surface area contributed by atoms with Crippen molar-refractivity contribution < 1.29 is 4.74 Å². The first kappa shape index (κ1) is 13.0. The first-order valence-electron chi connectivity index (χ1n) is 5.81. The highest BCUT2D eigenvalue weighted by Gasteiger charge is 2.16. The number of hydrogen-bond acceptors (Lipinski definition) is 6. The van der Waals surface area contributed by atoms with E-state index in [1.807, 2.05) is 11.4 Å². The Kier molecular flexibility index (Phi) is 4.27. The Morgan fingerprint density at radius 3 is 2.94 bits per heavy atom. The summed E-state index contributed by atoms with van der Waals surface area (Å²) in [5, 5.41) is 17.5. The van der Waals surface area contributed by atoms with Gasteiger partial charge in [0.15, 0.2) is 5.82 Å². The van der Waals surface area contributed by atoms with E-state index in [4.69, 9.17) is 4.74 Å². The molecule has 0 bridgehead atoms. The minimum atomic E-state index is 0.202. The molecule has 18 heavy (non-hydrogen) atoms. The average Bonchev–Trinajstić information content (AvgIpc) is 2.97. The SMILES string of the molecule is CCNC(Cc1nnn(C)n1)c1cc(OC)cs1. The van der Waals surface area contributed by atoms with Crippen LogP contribution in [-0.2, 0) is 13.5 Å². The minimum absolute atomic E-state index is 0.202. The molecule has 0 saturated carbocycles. The molecule has 1 atom stereocenters. The third kappa shape index (κ3) is 3.05. The number of ether oxygens (including phenoxy) is 1. The van der Waals surface area contributed by atoms with Gasteiger partial charge in [-0.15, -0.1) is 21.5 Å². The summed E-state index contributed by atoms with van der Waals surface area (Å²) in [6.07, 6.45) is 0.728. The van der Waals surface area contributed by atoms with E-state index >= 15 is 0 Å². The van der Waals surface area contributed by atoms with Gasteiger partial charge in [-0.25, -0.2) is 0 Å². The molecule has 0 saturated heterocycles. The first-order chi connectivity index (χ1) is 8.72. The van der Waals surface area contributed by atoms with Crippen LogP contribution >= 0.6 is 11.3 Å². The minimum Gasteiger partial charge on any atom is -0.496 e. The van der Waals surface area contributed by atoms with Crippen LogP contribution in [0.5, 0.6) is 5.75 Å². The van der Waals surface area contributed by atoms with Gasteiger partial charge in [-0.1, -0.05) is 6.92 Å². The fraction of sp³-hybridized carbons (Fsp3) is 0.545. The van der Waals surface area contributed by atoms with Crippen LogP contribution in [0.3, 0.4) is 0 Å². The summed E-state index contributed by atoms with van der Waals surface area (Å²) in [7, 11) is 3.45. The van der Waals surface area contributed by atoms with Crippen LogP contribution in [0.15, 0.2) is 11.4 Å². The number of aryl methyl sites for hydroxylation is 1.